The van der Waals surface area contributed by atoms with Crippen LogP contribution in [-0.4, -0.2) is 58.0 Å². The van der Waals surface area contributed by atoms with Crippen LogP contribution in [0.5, 0.6) is 0 Å². The van der Waals surface area contributed by atoms with Gasteiger partial charge >= 0.3 is 12.1 Å². The maximum absolute atomic E-state index is 12.7. The van der Waals surface area contributed by atoms with Crippen molar-refractivity contribution in [3.63, 3.8) is 0 Å². The third-order valence-corrected chi connectivity index (χ3v) is 6.22. The number of rotatable bonds is 8. The van der Waals surface area contributed by atoms with Crippen molar-refractivity contribution in [1.82, 2.24) is 20.0 Å². The Kier molecular flexibility index (Phi) is 6.86. The molecule has 182 valence electrons. The molecule has 0 aliphatic heterocycles. The summed E-state index contributed by atoms with van der Waals surface area (Å²) < 4.78 is 6.95. The number of nitrogens with zero attached hydrogens (tertiary/aromatic N) is 3. The second kappa shape index (κ2) is 10.0. The van der Waals surface area contributed by atoms with E-state index in [1.165, 1.54) is 9.58 Å². The minimum atomic E-state index is -0.970. The number of carboxylic acid groups (broad SMARTS) is 1. The van der Waals surface area contributed by atoms with E-state index in [9.17, 15) is 14.4 Å². The number of benzene rings is 2. The van der Waals surface area contributed by atoms with Crippen LogP contribution in [0, 0.1) is 5.92 Å². The van der Waals surface area contributed by atoms with Crippen LogP contribution in [0.2, 0.25) is 0 Å². The van der Waals surface area contributed by atoms with Crippen molar-refractivity contribution >= 4 is 18.0 Å². The number of alkyl carbamates (subject to hydrolysis) is 1. The lowest BCUT2D eigenvalue weighted by atomic mass is 9.98. The van der Waals surface area contributed by atoms with Crippen molar-refractivity contribution in [2.75, 3.05) is 20.2 Å². The van der Waals surface area contributed by atoms with Gasteiger partial charge in [0.25, 0.3) is 5.91 Å². The normalized spacial score (nSPS) is 13.0. The molecule has 9 nitrogen and oxygen atoms in total. The van der Waals surface area contributed by atoms with Gasteiger partial charge in [0.05, 0.1) is 18.2 Å². The number of aryl methyl sites for hydroxylation is 1. The van der Waals surface area contributed by atoms with E-state index < -0.39 is 18.0 Å². The summed E-state index contributed by atoms with van der Waals surface area (Å²) in [6.45, 7) is 1.91. The number of aliphatic carboxylic acids is 1. The Hall–Kier alpha value is -4.14. The molecule has 35 heavy (non-hydrogen) atoms. The molecule has 4 rings (SSSR count). The van der Waals surface area contributed by atoms with Gasteiger partial charge in [0.1, 0.15) is 12.3 Å². The van der Waals surface area contributed by atoms with Crippen LogP contribution in [0.4, 0.5) is 4.79 Å². The number of carbonyl (C=O) groups is 3. The van der Waals surface area contributed by atoms with E-state index in [0.29, 0.717) is 11.4 Å². The third-order valence-electron chi connectivity index (χ3n) is 6.22. The van der Waals surface area contributed by atoms with Gasteiger partial charge in [-0.15, -0.1) is 0 Å². The van der Waals surface area contributed by atoms with Gasteiger partial charge in [0, 0.05) is 26.6 Å². The predicted molar refractivity (Wildman–Crippen MR) is 129 cm³/mol. The SMILES string of the molecule is CC(CN(C)C(=O)c1cc(CNC(=O)OCC2c3ccccc3-c3ccccc32)nn1C)C(=O)O. The van der Waals surface area contributed by atoms with Gasteiger partial charge in [-0.05, 0) is 28.3 Å². The van der Waals surface area contributed by atoms with Gasteiger partial charge in [0.15, 0.2) is 0 Å². The zero-order chi connectivity index (χ0) is 25.1. The summed E-state index contributed by atoms with van der Waals surface area (Å²) in [6, 6.07) is 17.8. The average Bonchev–Trinajstić information content (AvgIpc) is 3.38. The van der Waals surface area contributed by atoms with Crippen LogP contribution in [0.25, 0.3) is 11.1 Å². The first-order valence-electron chi connectivity index (χ1n) is 11.4. The Morgan fingerprint density at radius 2 is 1.71 bits per heavy atom. The first-order valence-corrected chi connectivity index (χ1v) is 11.4. The van der Waals surface area contributed by atoms with Crippen molar-refractivity contribution in [3.05, 3.63) is 77.1 Å². The minimum absolute atomic E-state index is 0.0315. The summed E-state index contributed by atoms with van der Waals surface area (Å²) in [5, 5.41) is 16.0. The molecule has 1 aliphatic rings. The van der Waals surface area contributed by atoms with E-state index in [0.717, 1.165) is 22.3 Å². The Morgan fingerprint density at radius 3 is 2.31 bits per heavy atom. The van der Waals surface area contributed by atoms with Gasteiger partial charge in [-0.1, -0.05) is 55.5 Å². The molecular weight excluding hydrogens is 448 g/mol. The average molecular weight is 477 g/mol. The molecule has 0 saturated carbocycles. The summed E-state index contributed by atoms with van der Waals surface area (Å²) in [6.07, 6.45) is -0.571. The highest BCUT2D eigenvalue weighted by Gasteiger charge is 2.29. The fraction of sp³-hybridized carbons (Fsp3) is 0.308. The molecule has 3 aromatic rings. The number of ether oxygens (including phenoxy) is 1. The van der Waals surface area contributed by atoms with Crippen molar-refractivity contribution < 1.29 is 24.2 Å². The molecule has 1 aliphatic carbocycles. The lowest BCUT2D eigenvalue weighted by Gasteiger charge is -2.19. The van der Waals surface area contributed by atoms with Gasteiger partial charge in [0.2, 0.25) is 0 Å². The lowest BCUT2D eigenvalue weighted by molar-refractivity contribution is -0.141. The van der Waals surface area contributed by atoms with Crippen molar-refractivity contribution in [3.8, 4) is 11.1 Å². The Bertz CT molecular complexity index is 1220. The van der Waals surface area contributed by atoms with Crippen LogP contribution in [0.1, 0.15) is 40.2 Å². The van der Waals surface area contributed by atoms with E-state index in [1.54, 1.807) is 27.1 Å². The molecule has 2 N–H and O–H groups in total. The maximum atomic E-state index is 12.7. The van der Waals surface area contributed by atoms with E-state index >= 15 is 0 Å². The Labute approximate surface area is 203 Å². The third kappa shape index (κ3) is 5.03. The first kappa shape index (κ1) is 24.0. The van der Waals surface area contributed by atoms with E-state index in [-0.39, 0.29) is 31.5 Å². The predicted octanol–water partition coefficient (Wildman–Crippen LogP) is 3.25. The number of hydrogen-bond acceptors (Lipinski definition) is 5. The van der Waals surface area contributed by atoms with Crippen LogP contribution < -0.4 is 5.32 Å². The maximum Gasteiger partial charge on any atom is 0.407 e. The molecule has 0 radical (unpaired) electrons. The number of aromatic nitrogens is 2. The van der Waals surface area contributed by atoms with Gasteiger partial charge < -0.3 is 20.1 Å². The summed E-state index contributed by atoms with van der Waals surface area (Å²) in [5.74, 6) is -2.04. The second-order valence-corrected chi connectivity index (χ2v) is 8.75. The number of carbonyl (C=O) groups excluding carboxylic acids is 2. The molecule has 9 heteroatoms. The topological polar surface area (TPSA) is 114 Å². The van der Waals surface area contributed by atoms with Gasteiger partial charge in [-0.3, -0.25) is 14.3 Å². The van der Waals surface area contributed by atoms with E-state index in [4.69, 9.17) is 9.84 Å². The summed E-state index contributed by atoms with van der Waals surface area (Å²) in [7, 11) is 3.17. The Balaban J connectivity index is 1.34. The quantitative estimate of drug-likeness (QED) is 0.516. The van der Waals surface area contributed by atoms with Crippen molar-refractivity contribution in [1.29, 1.82) is 0 Å². The van der Waals surface area contributed by atoms with Gasteiger partial charge in [-0.25, -0.2) is 4.79 Å². The van der Waals surface area contributed by atoms with Crippen LogP contribution in [0.15, 0.2) is 54.6 Å². The molecule has 0 fully saturated rings. The zero-order valence-corrected chi connectivity index (χ0v) is 19.9. The monoisotopic (exact) mass is 476 g/mol. The summed E-state index contributed by atoms with van der Waals surface area (Å²) in [4.78, 5) is 37.5. The molecule has 2 aromatic carbocycles. The smallest absolute Gasteiger partial charge is 0.407 e. The summed E-state index contributed by atoms with van der Waals surface area (Å²) in [5.41, 5.74) is 5.38. The second-order valence-electron chi connectivity index (χ2n) is 8.75. The van der Waals surface area contributed by atoms with E-state index in [1.807, 2.05) is 24.3 Å². The first-order chi connectivity index (χ1) is 16.8. The summed E-state index contributed by atoms with van der Waals surface area (Å²) >= 11 is 0. The molecule has 0 spiro atoms. The number of amides is 2. The molecule has 2 amide bonds. The number of fused-ring (bicyclic) bond motifs is 3. The molecule has 1 unspecified atom stereocenters. The number of carboxylic acids is 1. The number of hydrogen-bond donors (Lipinski definition) is 2. The highest BCUT2D eigenvalue weighted by molar-refractivity contribution is 5.92. The standard InChI is InChI=1S/C26H28N4O5/c1-16(25(32)33)14-29(2)24(31)23-12-17(28-30(23)3)13-27-26(34)35-15-22-20-10-6-4-8-18(20)19-9-5-7-11-21(19)22/h4-12,16,22H,13-15H2,1-3H3,(H,27,34)(H,32,33). The Morgan fingerprint density at radius 1 is 1.11 bits per heavy atom. The van der Waals surface area contributed by atoms with E-state index in [2.05, 4.69) is 34.7 Å². The van der Waals surface area contributed by atoms with Crippen LogP contribution in [0.3, 0.4) is 0 Å². The zero-order valence-electron chi connectivity index (χ0n) is 19.9. The fourth-order valence-corrected chi connectivity index (χ4v) is 4.39. The van der Waals surface area contributed by atoms with Crippen molar-refractivity contribution in [2.45, 2.75) is 19.4 Å². The van der Waals surface area contributed by atoms with Crippen LogP contribution in [-0.2, 0) is 23.1 Å². The fourth-order valence-electron chi connectivity index (χ4n) is 4.39. The molecule has 1 aromatic heterocycles. The molecule has 1 atom stereocenters. The number of nitrogens with one attached hydrogen (secondary N) is 1. The highest BCUT2D eigenvalue weighted by Crippen LogP contribution is 2.44. The molecular formula is C26H28N4O5. The lowest BCUT2D eigenvalue weighted by Crippen LogP contribution is -2.34. The highest BCUT2D eigenvalue weighted by atomic mass is 16.5. The van der Waals surface area contributed by atoms with Crippen LogP contribution >= 0.6 is 0 Å². The van der Waals surface area contributed by atoms with Crippen molar-refractivity contribution in [2.24, 2.45) is 13.0 Å². The molecule has 1 heterocycles. The van der Waals surface area contributed by atoms with Gasteiger partial charge in [-0.2, -0.15) is 5.10 Å². The minimum Gasteiger partial charge on any atom is -0.481 e. The molecule has 0 bridgehead atoms. The largest absolute Gasteiger partial charge is 0.481 e. The molecule has 0 saturated heterocycles.